The van der Waals surface area contributed by atoms with E-state index in [4.69, 9.17) is 5.11 Å². The Hall–Kier alpha value is -1.91. The summed E-state index contributed by atoms with van der Waals surface area (Å²) in [5, 5.41) is 19.4. The van der Waals surface area contributed by atoms with Crippen LogP contribution in [-0.2, 0) is 10.0 Å². The van der Waals surface area contributed by atoms with Crippen molar-refractivity contribution < 1.29 is 27.2 Å². The first-order valence-electron chi connectivity index (χ1n) is 5.61. The Bertz CT molecular complexity index is 663. The van der Waals surface area contributed by atoms with Gasteiger partial charge in [-0.25, -0.2) is 12.8 Å². The number of aliphatic hydroxyl groups is 1. The number of rotatable bonds is 7. The molecule has 7 nitrogen and oxygen atoms in total. The quantitative estimate of drug-likeness (QED) is 0.459. The monoisotopic (exact) mass is 322 g/mol. The molecule has 1 aromatic rings. The van der Waals surface area contributed by atoms with Gasteiger partial charge in [-0.1, -0.05) is 6.08 Å². The van der Waals surface area contributed by atoms with Crippen LogP contribution in [0.2, 0.25) is 0 Å². The molecule has 0 atom stereocenters. The maximum absolute atomic E-state index is 13.7. The lowest BCUT2D eigenvalue weighted by Gasteiger charge is -2.19. The number of aliphatic hydroxyl groups excluding tert-OH is 1. The summed E-state index contributed by atoms with van der Waals surface area (Å²) in [6, 6.07) is 0.448. The Balaban J connectivity index is 3.45. The largest absolute Gasteiger partial charge is 0.395 e. The van der Waals surface area contributed by atoms with E-state index in [0.717, 1.165) is 0 Å². The van der Waals surface area contributed by atoms with Crippen LogP contribution in [0, 0.1) is 21.7 Å². The molecular weight excluding hydrogens is 310 g/mol. The number of hydrogen-bond acceptors (Lipinski definition) is 5. The first-order chi connectivity index (χ1) is 9.75. The average molecular weight is 322 g/mol. The van der Waals surface area contributed by atoms with Gasteiger partial charge in [0.2, 0.25) is 15.8 Å². The Morgan fingerprint density at radius 2 is 2.00 bits per heavy atom. The summed E-state index contributed by atoms with van der Waals surface area (Å²) < 4.78 is 52.0. The zero-order chi connectivity index (χ0) is 16.2. The summed E-state index contributed by atoms with van der Waals surface area (Å²) in [5.74, 6) is -2.93. The van der Waals surface area contributed by atoms with E-state index in [1.165, 1.54) is 6.08 Å². The minimum Gasteiger partial charge on any atom is -0.395 e. The fourth-order valence-corrected chi connectivity index (χ4v) is 3.03. The molecule has 0 bridgehead atoms. The molecule has 1 N–H and O–H groups in total. The highest BCUT2D eigenvalue weighted by Gasteiger charge is 2.30. The molecule has 1 aromatic carbocycles. The maximum atomic E-state index is 13.7. The normalized spacial score (nSPS) is 11.6. The van der Waals surface area contributed by atoms with Gasteiger partial charge in [0.05, 0.1) is 11.5 Å². The van der Waals surface area contributed by atoms with Gasteiger partial charge in [-0.15, -0.1) is 6.58 Å². The Morgan fingerprint density at radius 1 is 1.38 bits per heavy atom. The molecule has 0 spiro atoms. The van der Waals surface area contributed by atoms with E-state index in [0.29, 0.717) is 10.4 Å². The van der Waals surface area contributed by atoms with Gasteiger partial charge >= 0.3 is 5.69 Å². The molecule has 0 aliphatic heterocycles. The van der Waals surface area contributed by atoms with E-state index in [1.807, 2.05) is 0 Å². The first kappa shape index (κ1) is 17.1. The molecule has 0 fully saturated rings. The molecule has 0 radical (unpaired) electrons. The summed E-state index contributed by atoms with van der Waals surface area (Å²) in [5.41, 5.74) is -1.16. The fraction of sp³-hybridized carbons (Fsp3) is 0.273. The summed E-state index contributed by atoms with van der Waals surface area (Å²) in [6.45, 7) is 2.17. The first-order valence-corrected chi connectivity index (χ1v) is 7.05. The van der Waals surface area contributed by atoms with Gasteiger partial charge in [-0.2, -0.15) is 8.70 Å². The summed E-state index contributed by atoms with van der Waals surface area (Å²) in [6.07, 6.45) is 1.20. The van der Waals surface area contributed by atoms with Gasteiger partial charge in [0.25, 0.3) is 0 Å². The van der Waals surface area contributed by atoms with Gasteiger partial charge in [0.1, 0.15) is 10.7 Å². The average Bonchev–Trinajstić information content (AvgIpc) is 2.37. The standard InChI is InChI=1S/C11H12F2N2O5S/c1-2-3-14(4-5-16)21(19,20)11-7-10(15(17)18)8(12)6-9(11)13/h2,6-7,16H,1,3-5H2. The molecule has 0 unspecified atom stereocenters. The van der Waals surface area contributed by atoms with Crippen molar-refractivity contribution in [3.63, 3.8) is 0 Å². The van der Waals surface area contributed by atoms with Crippen LogP contribution in [0.3, 0.4) is 0 Å². The summed E-state index contributed by atoms with van der Waals surface area (Å²) in [4.78, 5) is 8.42. The molecule has 0 saturated heterocycles. The summed E-state index contributed by atoms with van der Waals surface area (Å²) >= 11 is 0. The zero-order valence-electron chi connectivity index (χ0n) is 10.7. The number of hydrogen-bond donors (Lipinski definition) is 1. The van der Waals surface area contributed by atoms with Gasteiger partial charge in [0, 0.05) is 25.2 Å². The topological polar surface area (TPSA) is 101 Å². The van der Waals surface area contributed by atoms with Gasteiger partial charge < -0.3 is 5.11 Å². The van der Waals surface area contributed by atoms with E-state index in [1.54, 1.807) is 0 Å². The molecule has 0 saturated carbocycles. The second kappa shape index (κ2) is 6.70. The highest BCUT2D eigenvalue weighted by Crippen LogP contribution is 2.26. The predicted molar refractivity (Wildman–Crippen MR) is 69.1 cm³/mol. The Labute approximate surface area is 119 Å². The second-order valence-electron chi connectivity index (χ2n) is 3.87. The number of halogens is 2. The van der Waals surface area contributed by atoms with E-state index in [-0.39, 0.29) is 19.2 Å². The number of sulfonamides is 1. The van der Waals surface area contributed by atoms with Gasteiger partial charge in [-0.3, -0.25) is 10.1 Å². The molecule has 0 amide bonds. The van der Waals surface area contributed by atoms with Crippen molar-refractivity contribution in [2.24, 2.45) is 0 Å². The fourth-order valence-electron chi connectivity index (χ4n) is 1.56. The lowest BCUT2D eigenvalue weighted by molar-refractivity contribution is -0.387. The number of nitro benzene ring substituents is 1. The zero-order valence-corrected chi connectivity index (χ0v) is 11.5. The molecule has 21 heavy (non-hydrogen) atoms. The molecular formula is C11H12F2N2O5S. The van der Waals surface area contributed by atoms with Crippen LogP contribution in [0.15, 0.2) is 29.7 Å². The number of nitrogens with zero attached hydrogens (tertiary/aromatic N) is 2. The van der Waals surface area contributed by atoms with Crippen LogP contribution in [0.1, 0.15) is 0 Å². The third-order valence-electron chi connectivity index (χ3n) is 2.50. The summed E-state index contributed by atoms with van der Waals surface area (Å²) in [7, 11) is -4.47. The number of nitro groups is 1. The van der Waals surface area contributed by atoms with Crippen LogP contribution in [0.25, 0.3) is 0 Å². The highest BCUT2D eigenvalue weighted by atomic mass is 32.2. The van der Waals surface area contributed by atoms with Crippen molar-refractivity contribution in [3.8, 4) is 0 Å². The molecule has 10 heteroatoms. The molecule has 1 rings (SSSR count). The highest BCUT2D eigenvalue weighted by molar-refractivity contribution is 7.89. The second-order valence-corrected chi connectivity index (χ2v) is 5.77. The van der Waals surface area contributed by atoms with Gasteiger partial charge in [-0.05, 0) is 0 Å². The SMILES string of the molecule is C=CCN(CCO)S(=O)(=O)c1cc([N+](=O)[O-])c(F)cc1F. The van der Waals surface area contributed by atoms with E-state index < -0.39 is 43.8 Å². The third kappa shape index (κ3) is 3.60. The molecule has 0 aromatic heterocycles. The van der Waals surface area contributed by atoms with Gasteiger partial charge in [0.15, 0.2) is 0 Å². The third-order valence-corrected chi connectivity index (χ3v) is 4.38. The molecule has 0 heterocycles. The van der Waals surface area contributed by atoms with E-state index in [2.05, 4.69) is 6.58 Å². The van der Waals surface area contributed by atoms with Crippen molar-refractivity contribution in [1.29, 1.82) is 0 Å². The van der Waals surface area contributed by atoms with Crippen LogP contribution in [0.4, 0.5) is 14.5 Å². The minimum absolute atomic E-state index is 0.135. The van der Waals surface area contributed by atoms with Crippen LogP contribution in [0.5, 0.6) is 0 Å². The lowest BCUT2D eigenvalue weighted by atomic mass is 10.3. The smallest absolute Gasteiger partial charge is 0.306 e. The van der Waals surface area contributed by atoms with Crippen LogP contribution >= 0.6 is 0 Å². The van der Waals surface area contributed by atoms with Crippen molar-refractivity contribution in [1.82, 2.24) is 4.31 Å². The van der Waals surface area contributed by atoms with E-state index >= 15 is 0 Å². The Morgan fingerprint density at radius 3 is 2.48 bits per heavy atom. The van der Waals surface area contributed by atoms with Crippen molar-refractivity contribution in [3.05, 3.63) is 46.5 Å². The van der Waals surface area contributed by atoms with Crippen LogP contribution < -0.4 is 0 Å². The maximum Gasteiger partial charge on any atom is 0.306 e. The Kier molecular flexibility index (Phi) is 5.47. The van der Waals surface area contributed by atoms with Crippen LogP contribution in [-0.4, -0.2) is 42.4 Å². The van der Waals surface area contributed by atoms with Crippen molar-refractivity contribution in [2.75, 3.05) is 19.7 Å². The molecule has 0 aliphatic rings. The lowest BCUT2D eigenvalue weighted by Crippen LogP contribution is -2.34. The van der Waals surface area contributed by atoms with E-state index in [9.17, 15) is 27.3 Å². The minimum atomic E-state index is -4.47. The van der Waals surface area contributed by atoms with Crippen molar-refractivity contribution >= 4 is 15.7 Å². The van der Waals surface area contributed by atoms with Crippen molar-refractivity contribution in [2.45, 2.75) is 4.90 Å². The predicted octanol–water partition coefficient (Wildman–Crippen LogP) is 1.04. The molecule has 0 aliphatic carbocycles. The number of benzene rings is 1. The molecule has 116 valence electrons.